The summed E-state index contributed by atoms with van der Waals surface area (Å²) in [6.07, 6.45) is 12.7. The Balaban J connectivity index is 0.000000166. The maximum absolute atomic E-state index is 12.7. The SMILES string of the molecule is CCn1cnc2c1c(=O)[nH]c(=O)n2C.CCn1cnc2c1c(=O)n(CCCCc1cc(C)no1)c(=O)n2C.CCn1cnc2c1c(=O)n(CCCCc1cc(C)no1)c(=O)n2C.Cc1cc(CCCCBr)on1. The van der Waals surface area contributed by atoms with Gasteiger partial charge in [-0.25, -0.2) is 29.3 Å². The van der Waals surface area contributed by atoms with Gasteiger partial charge >= 0.3 is 17.1 Å². The lowest BCUT2D eigenvalue weighted by atomic mass is 10.2. The average Bonchev–Trinajstić information content (AvgIpc) is 4.26. The van der Waals surface area contributed by atoms with Crippen LogP contribution in [0.2, 0.25) is 0 Å². The fourth-order valence-electron chi connectivity index (χ4n) is 8.08. The summed E-state index contributed by atoms with van der Waals surface area (Å²) in [6.45, 7) is 14.2. The van der Waals surface area contributed by atoms with Gasteiger partial charge in [-0.2, -0.15) is 0 Å². The molecule has 73 heavy (non-hydrogen) atoms. The number of hydrogen-bond acceptors (Lipinski definition) is 15. The number of nitrogens with zero attached hydrogens (tertiary/aromatic N) is 14. The first-order chi connectivity index (χ1) is 35.0. The highest BCUT2D eigenvalue weighted by Gasteiger charge is 2.17. The molecule has 0 amide bonds. The number of H-pyrrole nitrogens is 1. The number of nitrogens with one attached hydrogen (secondary N) is 1. The Labute approximate surface area is 426 Å². The van der Waals surface area contributed by atoms with E-state index in [9.17, 15) is 28.8 Å². The second-order valence-electron chi connectivity index (χ2n) is 17.4. The second-order valence-corrected chi connectivity index (χ2v) is 18.2. The molecule has 0 aliphatic heterocycles. The highest BCUT2D eigenvalue weighted by Crippen LogP contribution is 2.12. The minimum atomic E-state index is -0.441. The van der Waals surface area contributed by atoms with E-state index in [2.05, 4.69) is 51.3 Å². The molecule has 0 aromatic carbocycles. The van der Waals surface area contributed by atoms with Gasteiger partial charge in [0.1, 0.15) is 17.3 Å². The highest BCUT2D eigenvalue weighted by atomic mass is 79.9. The van der Waals surface area contributed by atoms with Crippen LogP contribution < -0.4 is 33.7 Å². The van der Waals surface area contributed by atoms with Crippen molar-refractivity contribution in [2.45, 2.75) is 132 Å². The van der Waals surface area contributed by atoms with Crippen LogP contribution in [0.4, 0.5) is 0 Å². The summed E-state index contributed by atoms with van der Waals surface area (Å²) in [4.78, 5) is 87.5. The van der Waals surface area contributed by atoms with Gasteiger partial charge in [0.25, 0.3) is 16.7 Å². The molecule has 0 radical (unpaired) electrons. The molecule has 0 atom stereocenters. The molecule has 9 aromatic rings. The molecule has 9 aromatic heterocycles. The van der Waals surface area contributed by atoms with E-state index in [0.717, 1.165) is 71.8 Å². The van der Waals surface area contributed by atoms with Crippen LogP contribution in [0.5, 0.6) is 0 Å². The summed E-state index contributed by atoms with van der Waals surface area (Å²) < 4.78 is 27.4. The Morgan fingerprint density at radius 2 is 0.863 bits per heavy atom. The van der Waals surface area contributed by atoms with E-state index in [1.807, 2.05) is 59.7 Å². The van der Waals surface area contributed by atoms with Crippen LogP contribution in [0.15, 0.2) is 79.5 Å². The standard InChI is InChI=1S/2C16H21N5O3.C8H12BrNO.C8H10N4O2/c2*1-4-20-10-17-14-13(20)15(22)21(16(23)19(14)3)8-6-5-7-12-9-11(2)18-24-12;1-7-6-8(11-10-7)4-2-3-5-9;1-3-12-4-9-6-5(12)7(13)10-8(14)11(6)2/h2*9-10H,4-8H2,1-3H3;6H,2-5H2,1H3;4H,3H2,1-2H3,(H,10,13,14). The number of unbranched alkanes of at least 4 members (excludes halogenated alkanes) is 3. The molecule has 0 unspecified atom stereocenters. The number of imidazole rings is 3. The number of aromatic amines is 1. The van der Waals surface area contributed by atoms with Crippen molar-refractivity contribution in [3.8, 4) is 0 Å². The maximum atomic E-state index is 12.7. The van der Waals surface area contributed by atoms with Crippen LogP contribution >= 0.6 is 15.9 Å². The largest absolute Gasteiger partial charge is 0.361 e. The Morgan fingerprint density at radius 3 is 1.21 bits per heavy atom. The molecule has 0 saturated carbocycles. The topological polar surface area (TPSA) is 274 Å². The molecule has 1 N–H and O–H groups in total. The Hall–Kier alpha value is -7.44. The van der Waals surface area contributed by atoms with Crippen molar-refractivity contribution in [3.63, 3.8) is 0 Å². The van der Waals surface area contributed by atoms with Gasteiger partial charge < -0.3 is 27.3 Å². The first kappa shape index (κ1) is 54.9. The summed E-state index contributed by atoms with van der Waals surface area (Å²) in [7, 11) is 4.86. The lowest BCUT2D eigenvalue weighted by molar-refractivity contribution is 0.374. The normalized spacial score (nSPS) is 11.2. The van der Waals surface area contributed by atoms with E-state index in [1.54, 1.807) is 53.8 Å². The van der Waals surface area contributed by atoms with Crippen molar-refractivity contribution >= 4 is 49.4 Å². The molecule has 9 rings (SSSR count). The number of aryl methyl sites for hydroxylation is 12. The fourth-order valence-corrected chi connectivity index (χ4v) is 8.47. The predicted molar refractivity (Wildman–Crippen MR) is 277 cm³/mol. The molecular weight excluding hydrogens is 1010 g/mol. The molecule has 392 valence electrons. The van der Waals surface area contributed by atoms with E-state index in [0.29, 0.717) is 79.1 Å². The van der Waals surface area contributed by atoms with Crippen molar-refractivity contribution in [2.24, 2.45) is 21.1 Å². The number of hydrogen-bond donors (Lipinski definition) is 1. The van der Waals surface area contributed by atoms with Crippen molar-refractivity contribution in [1.82, 2.24) is 71.9 Å². The lowest BCUT2D eigenvalue weighted by Gasteiger charge is -2.08. The Kier molecular flexibility index (Phi) is 19.0. The third-order valence-electron chi connectivity index (χ3n) is 12.0. The van der Waals surface area contributed by atoms with Crippen LogP contribution in [0.1, 0.15) is 93.7 Å². The van der Waals surface area contributed by atoms with E-state index in [1.165, 1.54) is 35.7 Å². The van der Waals surface area contributed by atoms with Gasteiger partial charge in [-0.05, 0) is 80.1 Å². The number of fused-ring (bicyclic) bond motifs is 3. The van der Waals surface area contributed by atoms with Crippen LogP contribution in [-0.4, -0.2) is 77.3 Å². The molecule has 25 heteroatoms. The van der Waals surface area contributed by atoms with Crippen molar-refractivity contribution in [2.75, 3.05) is 5.33 Å². The summed E-state index contributed by atoms with van der Waals surface area (Å²) in [6, 6.07) is 5.79. The predicted octanol–water partition coefficient (Wildman–Crippen LogP) is 4.62. The van der Waals surface area contributed by atoms with Crippen LogP contribution in [0.3, 0.4) is 0 Å². The van der Waals surface area contributed by atoms with Gasteiger partial charge in [0.2, 0.25) is 0 Å². The van der Waals surface area contributed by atoms with Gasteiger partial charge in [-0.15, -0.1) is 0 Å². The summed E-state index contributed by atoms with van der Waals surface area (Å²) >= 11 is 3.38. The molecular formula is C48H64BrN15O9. The smallest absolute Gasteiger partial charge is 0.332 e. The molecule has 0 bridgehead atoms. The highest BCUT2D eigenvalue weighted by molar-refractivity contribution is 9.09. The summed E-state index contributed by atoms with van der Waals surface area (Å²) in [5, 5.41) is 12.6. The summed E-state index contributed by atoms with van der Waals surface area (Å²) in [5.74, 6) is 2.66. The van der Waals surface area contributed by atoms with Crippen molar-refractivity contribution < 1.29 is 13.6 Å². The number of rotatable bonds is 17. The zero-order valence-corrected chi connectivity index (χ0v) is 44.5. The molecule has 24 nitrogen and oxygen atoms in total. The van der Waals surface area contributed by atoms with E-state index in [-0.39, 0.29) is 28.1 Å². The van der Waals surface area contributed by atoms with Crippen LogP contribution in [0.25, 0.3) is 33.5 Å². The first-order valence-corrected chi connectivity index (χ1v) is 25.4. The minimum absolute atomic E-state index is 0.275. The van der Waals surface area contributed by atoms with E-state index in [4.69, 9.17) is 13.6 Å². The Bertz CT molecular complexity index is 3480. The molecule has 9 heterocycles. The fraction of sp³-hybridized carbons (Fsp3) is 0.500. The van der Waals surface area contributed by atoms with Gasteiger partial charge in [0.05, 0.1) is 36.1 Å². The quantitative estimate of drug-likeness (QED) is 0.0963. The van der Waals surface area contributed by atoms with Gasteiger partial charge in [0, 0.05) is 96.7 Å². The molecule has 0 saturated heterocycles. The average molecular weight is 1080 g/mol. The third-order valence-corrected chi connectivity index (χ3v) is 12.6. The molecule has 0 fully saturated rings. The minimum Gasteiger partial charge on any atom is -0.361 e. The van der Waals surface area contributed by atoms with E-state index >= 15 is 0 Å². The zero-order valence-electron chi connectivity index (χ0n) is 42.9. The molecule has 0 aliphatic rings. The van der Waals surface area contributed by atoms with Crippen molar-refractivity contribution in [1.29, 1.82) is 0 Å². The third kappa shape index (κ3) is 13.0. The van der Waals surface area contributed by atoms with E-state index < -0.39 is 5.69 Å². The zero-order chi connectivity index (χ0) is 52.9. The Morgan fingerprint density at radius 1 is 0.507 bits per heavy atom. The van der Waals surface area contributed by atoms with Crippen molar-refractivity contribution in [3.05, 3.63) is 134 Å². The van der Waals surface area contributed by atoms with Gasteiger partial charge in [-0.3, -0.25) is 42.2 Å². The molecule has 0 spiro atoms. The van der Waals surface area contributed by atoms with Crippen LogP contribution in [-0.2, 0) is 73.1 Å². The van der Waals surface area contributed by atoms with Gasteiger partial charge in [0.15, 0.2) is 33.5 Å². The summed E-state index contributed by atoms with van der Waals surface area (Å²) in [5.41, 5.74) is 3.32. The monoisotopic (exact) mass is 1070 g/mol. The van der Waals surface area contributed by atoms with Crippen LogP contribution in [0, 0.1) is 20.8 Å². The lowest BCUT2D eigenvalue weighted by Crippen LogP contribution is -2.39. The first-order valence-electron chi connectivity index (χ1n) is 24.3. The second kappa shape index (κ2) is 25.3. The van der Waals surface area contributed by atoms with Gasteiger partial charge in [-0.1, -0.05) is 31.4 Å². The number of halogens is 1. The molecule has 0 aliphatic carbocycles. The maximum Gasteiger partial charge on any atom is 0.332 e. The number of alkyl halides is 1. The number of aromatic nitrogens is 15.